The summed E-state index contributed by atoms with van der Waals surface area (Å²) in [5.74, 6) is 0. The minimum atomic E-state index is 0.442. The van der Waals surface area contributed by atoms with Crippen LogP contribution in [-0.4, -0.2) is 20.0 Å². The van der Waals surface area contributed by atoms with Crippen LogP contribution in [0.25, 0.3) is 5.65 Å². The van der Waals surface area contributed by atoms with E-state index in [1.807, 2.05) is 0 Å². The molecular weight excluding hydrogens is 134 g/mol. The molecule has 0 aliphatic carbocycles. The normalized spacial score (nSPS) is 10.4. The third kappa shape index (κ3) is 0.586. The Balaban J connectivity index is 2.86. The Labute approximate surface area is 55.3 Å². The van der Waals surface area contributed by atoms with Gasteiger partial charge < -0.3 is 5.21 Å². The molecule has 0 aliphatic rings. The number of aromatic nitrogens is 5. The first kappa shape index (κ1) is 5.10. The molecule has 0 bridgehead atoms. The molecule has 0 spiro atoms. The Morgan fingerprint density at radius 1 is 1.60 bits per heavy atom. The van der Waals surface area contributed by atoms with Gasteiger partial charge >= 0.3 is 0 Å². The first-order valence-corrected chi connectivity index (χ1v) is 2.63. The molecule has 0 radical (unpaired) electrons. The van der Waals surface area contributed by atoms with Crippen LogP contribution < -0.4 is 4.73 Å². The molecule has 0 amide bonds. The summed E-state index contributed by atoms with van der Waals surface area (Å²) in [6, 6.07) is 0. The van der Waals surface area contributed by atoms with Crippen LogP contribution in [0.15, 0.2) is 18.6 Å². The summed E-state index contributed by atoms with van der Waals surface area (Å²) in [6.45, 7) is 0. The van der Waals surface area contributed by atoms with Crippen molar-refractivity contribution in [2.24, 2.45) is 0 Å². The largest absolute Gasteiger partial charge is 0.619 e. The van der Waals surface area contributed by atoms with E-state index in [4.69, 9.17) is 0 Å². The van der Waals surface area contributed by atoms with E-state index in [0.29, 0.717) is 10.4 Å². The predicted octanol–water partition coefficient (Wildman–Crippen LogP) is -1.24. The first-order valence-electron chi connectivity index (χ1n) is 2.63. The van der Waals surface area contributed by atoms with E-state index >= 15 is 0 Å². The van der Waals surface area contributed by atoms with Crippen molar-refractivity contribution in [2.75, 3.05) is 0 Å². The number of hydrogen-bond donors (Lipinski definition) is 0. The van der Waals surface area contributed by atoms with Crippen LogP contribution in [0.1, 0.15) is 0 Å². The Morgan fingerprint density at radius 2 is 2.50 bits per heavy atom. The van der Waals surface area contributed by atoms with Gasteiger partial charge in [-0.1, -0.05) is 0 Å². The molecule has 6 nitrogen and oxygen atoms in total. The minimum absolute atomic E-state index is 0.442. The van der Waals surface area contributed by atoms with E-state index in [1.54, 1.807) is 0 Å². The molecule has 2 aromatic rings. The summed E-state index contributed by atoms with van der Waals surface area (Å²) < 4.78 is 2.06. The standard InChI is InChI=1S/C4H3N5O/c10-8-1-2-9-4(3-8)5-6-7-9/h1-3H. The monoisotopic (exact) mass is 137 g/mol. The third-order valence-corrected chi connectivity index (χ3v) is 1.12. The molecule has 2 rings (SSSR count). The minimum Gasteiger partial charge on any atom is -0.619 e. The number of rotatable bonds is 0. The summed E-state index contributed by atoms with van der Waals surface area (Å²) in [5, 5.41) is 21.1. The molecule has 0 unspecified atom stereocenters. The maximum Gasteiger partial charge on any atom is 0.244 e. The molecule has 2 aromatic heterocycles. The first-order chi connectivity index (χ1) is 4.86. The number of hydrogen-bond acceptors (Lipinski definition) is 4. The van der Waals surface area contributed by atoms with E-state index in [1.165, 1.54) is 23.1 Å². The third-order valence-electron chi connectivity index (χ3n) is 1.12. The van der Waals surface area contributed by atoms with Gasteiger partial charge in [-0.2, -0.15) is 9.25 Å². The SMILES string of the molecule is [O-][n+]1ccn2nnnc2c1. The lowest BCUT2D eigenvalue weighted by Crippen LogP contribution is -2.24. The van der Waals surface area contributed by atoms with Gasteiger partial charge in [0.15, 0.2) is 6.20 Å². The number of nitrogens with zero attached hydrogens (tertiary/aromatic N) is 5. The molecule has 2 heterocycles. The van der Waals surface area contributed by atoms with Crippen LogP contribution >= 0.6 is 0 Å². The molecule has 10 heavy (non-hydrogen) atoms. The van der Waals surface area contributed by atoms with Gasteiger partial charge in [-0.25, -0.2) is 0 Å². The van der Waals surface area contributed by atoms with Crippen LogP contribution in [-0.2, 0) is 0 Å². The molecular formula is C4H3N5O. The second kappa shape index (κ2) is 1.63. The Morgan fingerprint density at radius 3 is 3.40 bits per heavy atom. The summed E-state index contributed by atoms with van der Waals surface area (Å²) in [7, 11) is 0. The zero-order valence-electron chi connectivity index (χ0n) is 4.88. The summed E-state index contributed by atoms with van der Waals surface area (Å²) in [5.41, 5.74) is 0.442. The van der Waals surface area contributed by atoms with Crippen LogP contribution in [0.4, 0.5) is 0 Å². The number of fused-ring (bicyclic) bond motifs is 1. The fraction of sp³-hybridized carbons (Fsp3) is 0. The fourth-order valence-electron chi connectivity index (χ4n) is 0.677. The topological polar surface area (TPSA) is 70.0 Å². The van der Waals surface area contributed by atoms with Crippen molar-refractivity contribution >= 4 is 5.65 Å². The molecule has 6 heteroatoms. The zero-order chi connectivity index (χ0) is 6.97. The van der Waals surface area contributed by atoms with E-state index < -0.39 is 0 Å². The lowest BCUT2D eigenvalue weighted by molar-refractivity contribution is -0.604. The summed E-state index contributed by atoms with van der Waals surface area (Å²) >= 11 is 0. The lowest BCUT2D eigenvalue weighted by atomic mass is 10.7. The molecule has 0 aliphatic heterocycles. The van der Waals surface area contributed by atoms with E-state index in [2.05, 4.69) is 15.5 Å². The van der Waals surface area contributed by atoms with Gasteiger partial charge in [0.25, 0.3) is 0 Å². The van der Waals surface area contributed by atoms with Gasteiger partial charge in [-0.15, -0.1) is 5.10 Å². The van der Waals surface area contributed by atoms with Crippen molar-refractivity contribution in [3.8, 4) is 0 Å². The van der Waals surface area contributed by atoms with Crippen LogP contribution in [0.3, 0.4) is 0 Å². The van der Waals surface area contributed by atoms with Crippen molar-refractivity contribution in [2.45, 2.75) is 0 Å². The lowest BCUT2D eigenvalue weighted by Gasteiger charge is -1.91. The second-order valence-electron chi connectivity index (χ2n) is 1.77. The molecule has 0 fully saturated rings. The van der Waals surface area contributed by atoms with Crippen molar-refractivity contribution < 1.29 is 4.73 Å². The molecule has 0 saturated heterocycles. The van der Waals surface area contributed by atoms with Gasteiger partial charge in [-0.3, -0.25) is 0 Å². The van der Waals surface area contributed by atoms with E-state index in [-0.39, 0.29) is 0 Å². The highest BCUT2D eigenvalue weighted by Gasteiger charge is 1.97. The van der Waals surface area contributed by atoms with Gasteiger partial charge in [0, 0.05) is 0 Å². The van der Waals surface area contributed by atoms with Gasteiger partial charge in [-0.05, 0) is 10.4 Å². The number of tetrazole rings is 1. The van der Waals surface area contributed by atoms with Gasteiger partial charge in [0.2, 0.25) is 11.8 Å². The zero-order valence-corrected chi connectivity index (χ0v) is 4.88. The maximum absolute atomic E-state index is 10.6. The van der Waals surface area contributed by atoms with Gasteiger partial charge in [0.05, 0.1) is 6.20 Å². The second-order valence-corrected chi connectivity index (χ2v) is 1.77. The van der Waals surface area contributed by atoms with Crippen LogP contribution in [0, 0.1) is 5.21 Å². The fourth-order valence-corrected chi connectivity index (χ4v) is 0.677. The van der Waals surface area contributed by atoms with E-state index in [0.717, 1.165) is 0 Å². The van der Waals surface area contributed by atoms with Crippen LogP contribution in [0.5, 0.6) is 0 Å². The average Bonchev–Trinajstić information content (AvgIpc) is 2.33. The Hall–Kier alpha value is -1.72. The van der Waals surface area contributed by atoms with Crippen molar-refractivity contribution in [3.63, 3.8) is 0 Å². The smallest absolute Gasteiger partial charge is 0.244 e. The van der Waals surface area contributed by atoms with Crippen molar-refractivity contribution in [1.82, 2.24) is 20.0 Å². The summed E-state index contributed by atoms with van der Waals surface area (Å²) in [4.78, 5) is 0. The average molecular weight is 137 g/mol. The molecule has 0 saturated carbocycles. The van der Waals surface area contributed by atoms with E-state index in [9.17, 15) is 5.21 Å². The molecule has 50 valence electrons. The Kier molecular flexibility index (Phi) is 0.830. The molecule has 0 atom stereocenters. The Bertz CT molecular complexity index is 355. The van der Waals surface area contributed by atoms with Crippen molar-refractivity contribution in [3.05, 3.63) is 23.8 Å². The van der Waals surface area contributed by atoms with Crippen LogP contribution in [0.2, 0.25) is 0 Å². The maximum atomic E-state index is 10.6. The molecule has 0 N–H and O–H groups in total. The molecule has 0 aromatic carbocycles. The summed E-state index contributed by atoms with van der Waals surface area (Å²) in [6.07, 6.45) is 4.10. The highest BCUT2D eigenvalue weighted by molar-refractivity contribution is 5.27. The predicted molar refractivity (Wildman–Crippen MR) is 29.7 cm³/mol. The van der Waals surface area contributed by atoms with Gasteiger partial charge in [0.1, 0.15) is 0 Å². The quantitative estimate of drug-likeness (QED) is 0.336. The highest BCUT2D eigenvalue weighted by Crippen LogP contribution is 1.86. The van der Waals surface area contributed by atoms with Crippen molar-refractivity contribution in [1.29, 1.82) is 0 Å². The highest BCUT2D eigenvalue weighted by atomic mass is 16.5.